The first-order chi connectivity index (χ1) is 20.5. The molecule has 9 nitrogen and oxygen atoms in total. The van der Waals surface area contributed by atoms with Gasteiger partial charge in [0.05, 0.1) is 25.3 Å². The third-order valence-corrected chi connectivity index (χ3v) is 12.7. The van der Waals surface area contributed by atoms with Crippen molar-refractivity contribution in [2.45, 2.75) is 104 Å². The second-order valence-electron chi connectivity index (χ2n) is 14.1. The van der Waals surface area contributed by atoms with Gasteiger partial charge in [-0.1, -0.05) is 44.1 Å². The van der Waals surface area contributed by atoms with Crippen molar-refractivity contribution in [3.05, 3.63) is 58.9 Å². The average molecular weight is 619 g/mol. The lowest BCUT2D eigenvalue weighted by Crippen LogP contribution is -2.45. The summed E-state index contributed by atoms with van der Waals surface area (Å²) in [6, 6.07) is 11.1. The van der Waals surface area contributed by atoms with E-state index in [9.17, 15) is 4.79 Å². The summed E-state index contributed by atoms with van der Waals surface area (Å²) in [6.45, 7) is 29.0. The number of aromatic nitrogens is 2. The Labute approximate surface area is 262 Å². The van der Waals surface area contributed by atoms with Crippen LogP contribution in [0.1, 0.15) is 79.0 Å². The van der Waals surface area contributed by atoms with Gasteiger partial charge in [-0.25, -0.2) is 9.64 Å². The van der Waals surface area contributed by atoms with E-state index in [2.05, 4.69) is 49.9 Å². The van der Waals surface area contributed by atoms with Crippen molar-refractivity contribution in [1.82, 2.24) is 15.0 Å². The van der Waals surface area contributed by atoms with Gasteiger partial charge in [0.25, 0.3) is 5.89 Å². The van der Waals surface area contributed by atoms with Gasteiger partial charge in [-0.15, -0.1) is 0 Å². The smallest absolute Gasteiger partial charge is 0.410 e. The predicted molar refractivity (Wildman–Crippen MR) is 174 cm³/mol. The highest BCUT2D eigenvalue weighted by Crippen LogP contribution is 2.42. The molecule has 10 heteroatoms. The molecule has 4 rings (SSSR count). The number of hydrogen-bond acceptors (Lipinski definition) is 7. The van der Waals surface area contributed by atoms with E-state index in [1.54, 1.807) is 12.1 Å². The Morgan fingerprint density at radius 2 is 1.89 bits per heavy atom. The van der Waals surface area contributed by atoms with E-state index in [4.69, 9.17) is 30.0 Å². The molecule has 1 aliphatic carbocycles. The number of amides is 1. The molecule has 0 bridgehead atoms. The first-order valence-electron chi connectivity index (χ1n) is 15.3. The van der Waals surface area contributed by atoms with E-state index in [1.807, 2.05) is 57.7 Å². The normalized spacial score (nSPS) is 15.2. The summed E-state index contributed by atoms with van der Waals surface area (Å²) in [6.07, 6.45) is 1.12. The summed E-state index contributed by atoms with van der Waals surface area (Å²) < 4.78 is 23.7. The van der Waals surface area contributed by atoms with Crippen LogP contribution >= 0.6 is 0 Å². The molecule has 1 aromatic heterocycles. The fraction of sp³-hybridized carbons (Fsp3) is 0.529. The van der Waals surface area contributed by atoms with Crippen LogP contribution in [-0.2, 0) is 15.6 Å². The standard InChI is InChI=1S/C34H46N4O5Si/c1-22(2)41-29-18-15-23(21-27(29)35-9)31-36-30(37-43-31)26-14-12-13-25-24(26)16-17-28(25)38(32(39)42-33(3,4)5)19-20-40-44(10,11)34(6,7)8/h12-15,18,21-22,28H,16-17,19-20H2,1-8,10-11H3/t28-/m0/s1. The first-order valence-corrected chi connectivity index (χ1v) is 18.2. The highest BCUT2D eigenvalue weighted by atomic mass is 28.4. The summed E-state index contributed by atoms with van der Waals surface area (Å²) in [5.74, 6) is 1.32. The molecular formula is C34H46N4O5Si. The minimum absolute atomic E-state index is 0.0451. The Hall–Kier alpha value is -3.68. The van der Waals surface area contributed by atoms with Gasteiger partial charge in [-0.05, 0) is 94.9 Å². The number of benzene rings is 2. The third-order valence-electron chi connectivity index (χ3n) is 8.20. The molecule has 3 aromatic rings. The second kappa shape index (κ2) is 12.7. The van der Waals surface area contributed by atoms with Gasteiger partial charge in [-0.2, -0.15) is 4.98 Å². The zero-order chi connectivity index (χ0) is 32.4. The lowest BCUT2D eigenvalue weighted by Gasteiger charge is -2.38. The zero-order valence-electron chi connectivity index (χ0n) is 27.8. The van der Waals surface area contributed by atoms with E-state index in [0.29, 0.717) is 41.9 Å². The van der Waals surface area contributed by atoms with Crippen LogP contribution in [0, 0.1) is 6.57 Å². The van der Waals surface area contributed by atoms with E-state index >= 15 is 0 Å². The lowest BCUT2D eigenvalue weighted by molar-refractivity contribution is 0.0125. The van der Waals surface area contributed by atoms with Crippen molar-refractivity contribution in [2.75, 3.05) is 13.2 Å². The van der Waals surface area contributed by atoms with Gasteiger partial charge >= 0.3 is 6.09 Å². The molecular weight excluding hydrogens is 572 g/mol. The van der Waals surface area contributed by atoms with Gasteiger partial charge in [0.2, 0.25) is 11.5 Å². The average Bonchev–Trinajstić information content (AvgIpc) is 3.57. The highest BCUT2D eigenvalue weighted by molar-refractivity contribution is 6.74. The van der Waals surface area contributed by atoms with E-state index in [-0.39, 0.29) is 23.3 Å². The highest BCUT2D eigenvalue weighted by Gasteiger charge is 2.39. The summed E-state index contributed by atoms with van der Waals surface area (Å²) in [4.78, 5) is 23.7. The summed E-state index contributed by atoms with van der Waals surface area (Å²) in [5, 5.41) is 4.38. The van der Waals surface area contributed by atoms with E-state index < -0.39 is 13.9 Å². The molecule has 0 saturated carbocycles. The van der Waals surface area contributed by atoms with Crippen LogP contribution in [0.5, 0.6) is 5.75 Å². The van der Waals surface area contributed by atoms with Crippen molar-refractivity contribution in [2.24, 2.45) is 0 Å². The Morgan fingerprint density at radius 1 is 1.16 bits per heavy atom. The molecule has 44 heavy (non-hydrogen) atoms. The second-order valence-corrected chi connectivity index (χ2v) is 18.9. The van der Waals surface area contributed by atoms with Crippen LogP contribution < -0.4 is 4.74 Å². The number of hydrogen-bond donors (Lipinski definition) is 0. The molecule has 0 fully saturated rings. The number of ether oxygens (including phenoxy) is 2. The maximum atomic E-state index is 13.5. The molecule has 1 aliphatic rings. The minimum atomic E-state index is -1.99. The fourth-order valence-electron chi connectivity index (χ4n) is 5.02. The quantitative estimate of drug-likeness (QED) is 0.175. The zero-order valence-corrected chi connectivity index (χ0v) is 28.8. The molecule has 0 spiro atoms. The molecule has 1 amide bonds. The van der Waals surface area contributed by atoms with Crippen LogP contribution in [0.3, 0.4) is 0 Å². The molecule has 0 N–H and O–H groups in total. The number of carbonyl (C=O) groups is 1. The van der Waals surface area contributed by atoms with Gasteiger partial charge in [0.15, 0.2) is 8.32 Å². The van der Waals surface area contributed by atoms with Crippen molar-refractivity contribution < 1.29 is 23.2 Å². The Balaban J connectivity index is 1.62. The third kappa shape index (κ3) is 7.51. The van der Waals surface area contributed by atoms with Crippen molar-refractivity contribution in [3.63, 3.8) is 0 Å². The van der Waals surface area contributed by atoms with Crippen LogP contribution in [0.25, 0.3) is 27.7 Å². The largest absolute Gasteiger partial charge is 0.502 e. The van der Waals surface area contributed by atoms with Gasteiger partial charge in [-0.3, -0.25) is 4.90 Å². The fourth-order valence-corrected chi connectivity index (χ4v) is 6.05. The number of rotatable bonds is 9. The van der Waals surface area contributed by atoms with Gasteiger partial charge in [0, 0.05) is 17.7 Å². The van der Waals surface area contributed by atoms with Crippen molar-refractivity contribution >= 4 is 20.1 Å². The number of fused-ring (bicyclic) bond motifs is 1. The Morgan fingerprint density at radius 3 is 2.52 bits per heavy atom. The number of nitrogens with zero attached hydrogens (tertiary/aromatic N) is 4. The molecule has 0 aliphatic heterocycles. The Bertz CT molecular complexity index is 1530. The van der Waals surface area contributed by atoms with Crippen LogP contribution in [0.2, 0.25) is 18.1 Å². The van der Waals surface area contributed by atoms with Crippen molar-refractivity contribution in [3.8, 4) is 28.6 Å². The van der Waals surface area contributed by atoms with E-state index in [1.165, 1.54) is 0 Å². The van der Waals surface area contributed by atoms with Crippen molar-refractivity contribution in [1.29, 1.82) is 0 Å². The molecule has 0 radical (unpaired) electrons. The van der Waals surface area contributed by atoms with E-state index in [0.717, 1.165) is 29.5 Å². The predicted octanol–water partition coefficient (Wildman–Crippen LogP) is 8.99. The minimum Gasteiger partial charge on any atom is -0.502 e. The van der Waals surface area contributed by atoms with Crippen LogP contribution in [-0.4, -0.2) is 54.3 Å². The SMILES string of the molecule is [C-]#[N+]c1cc(-c2nc(-c3cccc4c3CC[C@@H]4N(CCO[Si](C)(C)C(C)(C)C)C(=O)OC(C)(C)C)no2)ccc1OC(C)C. The molecule has 236 valence electrons. The first kappa shape index (κ1) is 33.2. The molecule has 0 saturated heterocycles. The maximum absolute atomic E-state index is 13.5. The van der Waals surface area contributed by atoms with Gasteiger partial charge < -0.3 is 18.4 Å². The summed E-state index contributed by atoms with van der Waals surface area (Å²) >= 11 is 0. The van der Waals surface area contributed by atoms with Crippen LogP contribution in [0.4, 0.5) is 10.5 Å². The Kier molecular flexibility index (Phi) is 9.62. The number of carbonyl (C=O) groups excluding carboxylic acids is 1. The van der Waals surface area contributed by atoms with Gasteiger partial charge in [0.1, 0.15) is 11.4 Å². The maximum Gasteiger partial charge on any atom is 0.410 e. The molecule has 1 heterocycles. The lowest BCUT2D eigenvalue weighted by atomic mass is 10.0. The summed E-state index contributed by atoms with van der Waals surface area (Å²) in [5.41, 5.74) is 3.43. The van der Waals surface area contributed by atoms with Crippen LogP contribution in [0.15, 0.2) is 40.9 Å². The monoisotopic (exact) mass is 618 g/mol. The summed E-state index contributed by atoms with van der Waals surface area (Å²) in [7, 11) is -1.99. The molecule has 1 atom stereocenters. The topological polar surface area (TPSA) is 91.3 Å². The molecule has 0 unspecified atom stereocenters. The molecule has 2 aromatic carbocycles.